The van der Waals surface area contributed by atoms with Gasteiger partial charge in [0.05, 0.1) is 0 Å². The lowest BCUT2D eigenvalue weighted by Crippen LogP contribution is -2.05. The van der Waals surface area contributed by atoms with Crippen molar-refractivity contribution in [3.63, 3.8) is 0 Å². The molecule has 0 fully saturated rings. The molecule has 0 bridgehead atoms. The molecule has 1 heteroatoms. The van der Waals surface area contributed by atoms with Gasteiger partial charge in [-0.25, -0.2) is 0 Å². The maximum atomic E-state index is 12.6. The minimum atomic E-state index is 0.0557. The molecule has 1 nitrogen and oxygen atoms in total. The van der Waals surface area contributed by atoms with Gasteiger partial charge in [0.1, 0.15) is 0 Å². The molecule has 3 aromatic rings. The summed E-state index contributed by atoms with van der Waals surface area (Å²) in [6.07, 6.45) is 2.31. The molecule has 1 atom stereocenters. The highest BCUT2D eigenvalue weighted by Gasteiger charge is 2.14. The molecule has 0 saturated carbocycles. The highest BCUT2D eigenvalue weighted by Crippen LogP contribution is 2.24. The van der Waals surface area contributed by atoms with E-state index in [-0.39, 0.29) is 11.7 Å². The lowest BCUT2D eigenvalue weighted by atomic mass is 9.91. The third kappa shape index (κ3) is 2.99. The second kappa shape index (κ2) is 6.40. The Bertz CT molecular complexity index is 802. The normalized spacial score (nSPS) is 12.0. The van der Waals surface area contributed by atoms with Crippen molar-refractivity contribution in [3.8, 4) is 0 Å². The van der Waals surface area contributed by atoms with E-state index >= 15 is 0 Å². The third-order valence-corrected chi connectivity index (χ3v) is 3.99. The molecule has 0 aromatic heterocycles. The van der Waals surface area contributed by atoms with Gasteiger partial charge in [-0.05, 0) is 22.4 Å². The molecule has 0 heterocycles. The first-order valence-corrected chi connectivity index (χ1v) is 7.47. The number of fused-ring (bicyclic) bond motifs is 1. The fraction of sp³-hybridized carbons (Fsp3) is 0.0952. The van der Waals surface area contributed by atoms with Crippen LogP contribution >= 0.6 is 0 Å². The van der Waals surface area contributed by atoms with Gasteiger partial charge >= 0.3 is 0 Å². The first kappa shape index (κ1) is 14.3. The summed E-state index contributed by atoms with van der Waals surface area (Å²) in [5, 5.41) is 2.26. The quantitative estimate of drug-likeness (QED) is 0.454. The van der Waals surface area contributed by atoms with Gasteiger partial charge in [0.25, 0.3) is 0 Å². The standard InChI is InChI=1S/C21H18O/c1-2-16(17-8-4-3-5-9-17)15-21(22)20-13-12-18-10-6-7-11-19(18)14-20/h2-14,16H,1,15H2/t16-/m1/s1. The number of hydrogen-bond acceptors (Lipinski definition) is 1. The Balaban J connectivity index is 1.84. The molecule has 0 unspecified atom stereocenters. The smallest absolute Gasteiger partial charge is 0.163 e. The van der Waals surface area contributed by atoms with E-state index in [4.69, 9.17) is 0 Å². The molecule has 0 radical (unpaired) electrons. The van der Waals surface area contributed by atoms with Gasteiger partial charge in [-0.15, -0.1) is 6.58 Å². The van der Waals surface area contributed by atoms with Crippen LogP contribution in [0.3, 0.4) is 0 Å². The van der Waals surface area contributed by atoms with Crippen LogP contribution in [0.15, 0.2) is 85.5 Å². The van der Waals surface area contributed by atoms with Gasteiger partial charge in [-0.2, -0.15) is 0 Å². The molecule has 108 valence electrons. The Labute approximate surface area is 130 Å². The average Bonchev–Trinajstić information content (AvgIpc) is 2.59. The summed E-state index contributed by atoms with van der Waals surface area (Å²) in [5.74, 6) is 0.208. The van der Waals surface area contributed by atoms with Crippen molar-refractivity contribution < 1.29 is 4.79 Å². The van der Waals surface area contributed by atoms with Gasteiger partial charge in [0.2, 0.25) is 0 Å². The molecule has 22 heavy (non-hydrogen) atoms. The van der Waals surface area contributed by atoms with Crippen LogP contribution < -0.4 is 0 Å². The Kier molecular flexibility index (Phi) is 4.15. The van der Waals surface area contributed by atoms with Crippen LogP contribution in [0.25, 0.3) is 10.8 Å². The Morgan fingerprint density at radius 2 is 1.59 bits per heavy atom. The summed E-state index contributed by atoms with van der Waals surface area (Å²) >= 11 is 0. The molecule has 0 aliphatic carbocycles. The number of benzene rings is 3. The molecule has 0 amide bonds. The fourth-order valence-corrected chi connectivity index (χ4v) is 2.72. The summed E-state index contributed by atoms with van der Waals surface area (Å²) in [7, 11) is 0. The maximum Gasteiger partial charge on any atom is 0.163 e. The van der Waals surface area contributed by atoms with Crippen molar-refractivity contribution in [2.75, 3.05) is 0 Å². The zero-order chi connectivity index (χ0) is 15.4. The van der Waals surface area contributed by atoms with Crippen LogP contribution in [0.5, 0.6) is 0 Å². The minimum absolute atomic E-state index is 0.0557. The van der Waals surface area contributed by atoms with Crippen LogP contribution in [0.4, 0.5) is 0 Å². The molecule has 3 aromatic carbocycles. The van der Waals surface area contributed by atoms with Crippen molar-refractivity contribution >= 4 is 16.6 Å². The van der Waals surface area contributed by atoms with Gasteiger partial charge in [0.15, 0.2) is 5.78 Å². The third-order valence-electron chi connectivity index (χ3n) is 3.99. The summed E-state index contributed by atoms with van der Waals surface area (Å²) in [5.41, 5.74) is 1.90. The maximum absolute atomic E-state index is 12.6. The topological polar surface area (TPSA) is 17.1 Å². The average molecular weight is 286 g/mol. The van der Waals surface area contributed by atoms with Crippen molar-refractivity contribution in [2.24, 2.45) is 0 Å². The molecule has 0 N–H and O–H groups in total. The van der Waals surface area contributed by atoms with E-state index in [9.17, 15) is 4.79 Å². The Hall–Kier alpha value is -2.67. The first-order valence-electron chi connectivity index (χ1n) is 7.47. The molecule has 0 aliphatic rings. The van der Waals surface area contributed by atoms with Crippen molar-refractivity contribution in [1.29, 1.82) is 0 Å². The first-order chi connectivity index (χ1) is 10.8. The number of Topliss-reactive ketones (excluding diaryl/α,β-unsaturated/α-hetero) is 1. The Morgan fingerprint density at radius 1 is 0.909 bits per heavy atom. The van der Waals surface area contributed by atoms with Crippen LogP contribution in [0.1, 0.15) is 28.3 Å². The summed E-state index contributed by atoms with van der Waals surface area (Å²) in [6.45, 7) is 3.88. The SMILES string of the molecule is C=C[C@H](CC(=O)c1ccc2ccccc2c1)c1ccccc1. The number of hydrogen-bond donors (Lipinski definition) is 0. The lowest BCUT2D eigenvalue weighted by Gasteiger charge is -2.12. The zero-order valence-corrected chi connectivity index (χ0v) is 12.4. The van der Waals surface area contributed by atoms with Crippen LogP contribution in [0, 0.1) is 0 Å². The number of ketones is 1. The molecular weight excluding hydrogens is 268 g/mol. The zero-order valence-electron chi connectivity index (χ0n) is 12.4. The van der Waals surface area contributed by atoms with Gasteiger partial charge in [0, 0.05) is 17.9 Å². The van der Waals surface area contributed by atoms with Gasteiger partial charge < -0.3 is 0 Å². The van der Waals surface area contributed by atoms with E-state index in [2.05, 4.69) is 12.6 Å². The number of carbonyl (C=O) groups excluding carboxylic acids is 1. The van der Waals surface area contributed by atoms with Crippen LogP contribution in [-0.4, -0.2) is 5.78 Å². The van der Waals surface area contributed by atoms with Crippen molar-refractivity contribution in [3.05, 3.63) is 96.6 Å². The molecule has 0 aliphatic heterocycles. The fourth-order valence-electron chi connectivity index (χ4n) is 2.72. The van der Waals surface area contributed by atoms with Crippen LogP contribution in [-0.2, 0) is 0 Å². The van der Waals surface area contributed by atoms with Crippen molar-refractivity contribution in [1.82, 2.24) is 0 Å². The predicted molar refractivity (Wildman–Crippen MR) is 92.3 cm³/mol. The summed E-state index contributed by atoms with van der Waals surface area (Å²) in [6, 6.07) is 24.0. The lowest BCUT2D eigenvalue weighted by molar-refractivity contribution is 0.0978. The molecule has 3 rings (SSSR count). The summed E-state index contributed by atoms with van der Waals surface area (Å²) in [4.78, 5) is 12.6. The monoisotopic (exact) mass is 286 g/mol. The van der Waals surface area contributed by atoms with E-state index in [1.54, 1.807) is 0 Å². The molecular formula is C21H18O. The van der Waals surface area contributed by atoms with E-state index < -0.39 is 0 Å². The second-order valence-electron chi connectivity index (χ2n) is 5.44. The molecule has 0 spiro atoms. The van der Waals surface area contributed by atoms with E-state index in [1.165, 1.54) is 0 Å². The molecule has 0 saturated heterocycles. The Morgan fingerprint density at radius 3 is 2.32 bits per heavy atom. The van der Waals surface area contributed by atoms with E-state index in [1.807, 2.05) is 72.8 Å². The highest BCUT2D eigenvalue weighted by molar-refractivity contribution is 6.00. The van der Waals surface area contributed by atoms with Crippen molar-refractivity contribution in [2.45, 2.75) is 12.3 Å². The predicted octanol–water partition coefficient (Wildman–Crippen LogP) is 5.38. The van der Waals surface area contributed by atoms with Gasteiger partial charge in [-0.3, -0.25) is 4.79 Å². The summed E-state index contributed by atoms with van der Waals surface area (Å²) < 4.78 is 0. The number of rotatable bonds is 5. The van der Waals surface area contributed by atoms with E-state index in [0.29, 0.717) is 6.42 Å². The number of carbonyl (C=O) groups is 1. The highest BCUT2D eigenvalue weighted by atomic mass is 16.1. The second-order valence-corrected chi connectivity index (χ2v) is 5.44. The van der Waals surface area contributed by atoms with Gasteiger partial charge in [-0.1, -0.05) is 72.8 Å². The minimum Gasteiger partial charge on any atom is -0.294 e. The largest absolute Gasteiger partial charge is 0.294 e. The number of allylic oxidation sites excluding steroid dienone is 1. The van der Waals surface area contributed by atoms with E-state index in [0.717, 1.165) is 21.9 Å². The van der Waals surface area contributed by atoms with Crippen LogP contribution in [0.2, 0.25) is 0 Å².